The molecule has 6 heterocycles. The first-order valence-corrected chi connectivity index (χ1v) is 19.4. The minimum atomic E-state index is -4.79. The summed E-state index contributed by atoms with van der Waals surface area (Å²) in [6.45, 7) is 1.67. The van der Waals surface area contributed by atoms with Crippen LogP contribution in [-0.2, 0) is 42.3 Å². The van der Waals surface area contributed by atoms with Crippen molar-refractivity contribution >= 4 is 40.3 Å². The molecule has 2 amide bonds. The van der Waals surface area contributed by atoms with E-state index in [1.807, 2.05) is 54.2 Å². The van der Waals surface area contributed by atoms with E-state index in [2.05, 4.69) is 41.5 Å². The molecule has 8 rings (SSSR count). The molecule has 5 aromatic rings. The SMILES string of the molecule is COc1nc(N[C@@H]2CCc3c(-c4nccc(-c5ccc6c(CNC[C@H]7CCC(=O)N7)cn(C)c6n5)c4Cl)cccc32)c(C(F)(F)F)nc1CNC[C@H]1CCC(=O)N1. The molecule has 2 saturated heterocycles. The van der Waals surface area contributed by atoms with Gasteiger partial charge in [0.05, 0.1) is 29.6 Å². The molecule has 4 aromatic heterocycles. The molecule has 0 saturated carbocycles. The first-order chi connectivity index (χ1) is 27.5. The summed E-state index contributed by atoms with van der Waals surface area (Å²) in [6, 6.07) is 11.0. The monoisotopic (exact) mass is 802 g/mol. The number of aromatic nitrogens is 5. The standard InChI is InChI=1S/C40H42ClF3N10O3/c1-54-20-21(16-45-17-22-6-12-32(55)48-22)24-8-10-30(52-38(24)54)28-14-15-47-35(34(28)41)27-5-3-4-26-25(27)9-11-29(26)51-37-36(40(42,43)44)50-31(39(53-37)57-2)19-46-18-23-7-13-33(56)49-23/h3-5,8,10,14-15,20,22-23,29,45-46H,6-7,9,11-13,16-19H2,1-2H3,(H,48,55)(H,49,56)(H,51,53)/t22-,23-,29-/m1/s1. The summed E-state index contributed by atoms with van der Waals surface area (Å²) in [5, 5.41) is 16.8. The number of amides is 2. The zero-order valence-electron chi connectivity index (χ0n) is 31.4. The summed E-state index contributed by atoms with van der Waals surface area (Å²) in [4.78, 5) is 41.0. The minimum Gasteiger partial charge on any atom is -0.480 e. The fraction of sp³-hybridized carbons (Fsp3) is 0.400. The number of rotatable bonds is 13. The average molecular weight is 803 g/mol. The third kappa shape index (κ3) is 7.98. The number of carbonyl (C=O) groups excluding carboxylic acids is 2. The van der Waals surface area contributed by atoms with Gasteiger partial charge in [-0.2, -0.15) is 18.2 Å². The Kier molecular flexibility index (Phi) is 10.8. The maximum atomic E-state index is 14.5. The minimum absolute atomic E-state index is 0.0135. The Morgan fingerprint density at radius 2 is 1.65 bits per heavy atom. The Bertz CT molecular complexity index is 2350. The van der Waals surface area contributed by atoms with Crippen LogP contribution < -0.4 is 31.3 Å². The molecule has 5 N–H and O–H groups in total. The smallest absolute Gasteiger partial charge is 0.437 e. The van der Waals surface area contributed by atoms with Gasteiger partial charge in [0.15, 0.2) is 11.5 Å². The summed E-state index contributed by atoms with van der Waals surface area (Å²) in [6.07, 6.45) is 2.47. The molecule has 2 fully saturated rings. The van der Waals surface area contributed by atoms with Crippen LogP contribution in [0.5, 0.6) is 5.88 Å². The zero-order chi connectivity index (χ0) is 39.8. The van der Waals surface area contributed by atoms with Gasteiger partial charge in [-0.3, -0.25) is 14.6 Å². The Morgan fingerprint density at radius 1 is 0.912 bits per heavy atom. The molecule has 0 unspecified atom stereocenters. The third-order valence-electron chi connectivity index (χ3n) is 10.9. The van der Waals surface area contributed by atoms with E-state index in [0.717, 1.165) is 39.7 Å². The lowest BCUT2D eigenvalue weighted by atomic mass is 9.98. The van der Waals surface area contributed by atoms with Crippen LogP contribution in [0.4, 0.5) is 19.0 Å². The summed E-state index contributed by atoms with van der Waals surface area (Å²) >= 11 is 7.14. The van der Waals surface area contributed by atoms with Gasteiger partial charge < -0.3 is 35.9 Å². The number of nitrogens with one attached hydrogen (secondary N) is 5. The third-order valence-corrected chi connectivity index (χ3v) is 11.2. The van der Waals surface area contributed by atoms with Crippen molar-refractivity contribution in [3.8, 4) is 28.4 Å². The number of anilines is 1. The van der Waals surface area contributed by atoms with Crippen LogP contribution in [-0.4, -0.2) is 68.6 Å². The van der Waals surface area contributed by atoms with Gasteiger partial charge in [-0.25, -0.2) is 9.97 Å². The van der Waals surface area contributed by atoms with Crippen LogP contribution in [0.1, 0.15) is 66.2 Å². The zero-order valence-corrected chi connectivity index (χ0v) is 32.2. The van der Waals surface area contributed by atoms with Crippen molar-refractivity contribution in [1.29, 1.82) is 0 Å². The topological polar surface area (TPSA) is 160 Å². The van der Waals surface area contributed by atoms with Crippen molar-refractivity contribution in [1.82, 2.24) is 45.8 Å². The Morgan fingerprint density at radius 3 is 2.33 bits per heavy atom. The van der Waals surface area contributed by atoms with Crippen molar-refractivity contribution in [2.24, 2.45) is 7.05 Å². The molecule has 298 valence electrons. The number of ether oxygens (including phenoxy) is 1. The Balaban J connectivity index is 1.02. The lowest BCUT2D eigenvalue weighted by Crippen LogP contribution is -2.35. The van der Waals surface area contributed by atoms with Gasteiger partial charge in [-0.15, -0.1) is 0 Å². The number of aryl methyl sites for hydroxylation is 1. The highest BCUT2D eigenvalue weighted by Crippen LogP contribution is 2.44. The van der Waals surface area contributed by atoms with Crippen molar-refractivity contribution < 1.29 is 27.5 Å². The van der Waals surface area contributed by atoms with E-state index in [4.69, 9.17) is 21.3 Å². The van der Waals surface area contributed by atoms with Crippen molar-refractivity contribution in [3.05, 3.63) is 81.9 Å². The summed E-state index contributed by atoms with van der Waals surface area (Å²) in [5.41, 5.74) is 5.21. The first-order valence-electron chi connectivity index (χ1n) is 19.0. The molecule has 2 aliphatic heterocycles. The van der Waals surface area contributed by atoms with E-state index >= 15 is 0 Å². The average Bonchev–Trinajstić information content (AvgIpc) is 3.98. The lowest BCUT2D eigenvalue weighted by Gasteiger charge is -2.21. The molecular formula is C40H42ClF3N10O3. The molecule has 0 spiro atoms. The number of alkyl halides is 3. The van der Waals surface area contributed by atoms with Gasteiger partial charge in [-0.1, -0.05) is 29.8 Å². The number of fused-ring (bicyclic) bond motifs is 2. The molecule has 17 heteroatoms. The van der Waals surface area contributed by atoms with E-state index in [-0.39, 0.29) is 42.0 Å². The van der Waals surface area contributed by atoms with Crippen molar-refractivity contribution in [2.45, 2.75) is 75.9 Å². The van der Waals surface area contributed by atoms with E-state index < -0.39 is 23.7 Å². The van der Waals surface area contributed by atoms with Gasteiger partial charge in [-0.05, 0) is 60.6 Å². The fourth-order valence-corrected chi connectivity index (χ4v) is 8.39. The summed E-state index contributed by atoms with van der Waals surface area (Å²) < 4.78 is 50.8. The second-order valence-corrected chi connectivity index (χ2v) is 15.1. The highest BCUT2D eigenvalue weighted by Gasteiger charge is 2.39. The second-order valence-electron chi connectivity index (χ2n) is 14.7. The highest BCUT2D eigenvalue weighted by molar-refractivity contribution is 6.35. The Hall–Kier alpha value is -5.32. The number of carbonyl (C=O) groups is 2. The van der Waals surface area contributed by atoms with Gasteiger partial charge in [0.1, 0.15) is 11.3 Å². The highest BCUT2D eigenvalue weighted by atomic mass is 35.5. The quantitative estimate of drug-likeness (QED) is 0.101. The molecule has 1 aromatic carbocycles. The predicted molar refractivity (Wildman–Crippen MR) is 208 cm³/mol. The van der Waals surface area contributed by atoms with E-state index in [1.165, 1.54) is 7.11 Å². The normalized spacial score (nSPS) is 19.2. The molecule has 57 heavy (non-hydrogen) atoms. The number of nitrogens with zero attached hydrogens (tertiary/aromatic N) is 5. The molecule has 0 bridgehead atoms. The summed E-state index contributed by atoms with van der Waals surface area (Å²) in [5.74, 6) is -0.404. The molecule has 13 nitrogen and oxygen atoms in total. The maximum absolute atomic E-state index is 14.5. The number of methoxy groups -OCH3 is 1. The first kappa shape index (κ1) is 38.5. The van der Waals surface area contributed by atoms with Crippen LogP contribution in [0.3, 0.4) is 0 Å². The number of hydrogen-bond acceptors (Lipinski definition) is 10. The molecule has 1 aliphatic carbocycles. The summed E-state index contributed by atoms with van der Waals surface area (Å²) in [7, 11) is 3.29. The van der Waals surface area contributed by atoms with E-state index in [9.17, 15) is 22.8 Å². The fourth-order valence-electron chi connectivity index (χ4n) is 8.08. The molecule has 0 radical (unpaired) electrons. The number of benzene rings is 1. The van der Waals surface area contributed by atoms with Crippen molar-refractivity contribution in [3.63, 3.8) is 0 Å². The predicted octanol–water partition coefficient (Wildman–Crippen LogP) is 5.61. The lowest BCUT2D eigenvalue weighted by molar-refractivity contribution is -0.141. The van der Waals surface area contributed by atoms with Crippen LogP contribution >= 0.6 is 11.6 Å². The van der Waals surface area contributed by atoms with Crippen LogP contribution in [0.15, 0.2) is 48.8 Å². The van der Waals surface area contributed by atoms with E-state index in [1.54, 1.807) is 6.20 Å². The number of pyridine rings is 2. The van der Waals surface area contributed by atoms with Gasteiger partial charge in [0.25, 0.3) is 0 Å². The van der Waals surface area contributed by atoms with Gasteiger partial charge in [0, 0.05) is 87.1 Å². The van der Waals surface area contributed by atoms with Gasteiger partial charge >= 0.3 is 6.18 Å². The molecular weight excluding hydrogens is 761 g/mol. The number of hydrogen-bond donors (Lipinski definition) is 5. The van der Waals surface area contributed by atoms with Crippen LogP contribution in [0.25, 0.3) is 33.5 Å². The van der Waals surface area contributed by atoms with E-state index in [0.29, 0.717) is 73.7 Å². The largest absolute Gasteiger partial charge is 0.480 e. The van der Waals surface area contributed by atoms with Crippen LogP contribution in [0.2, 0.25) is 5.02 Å². The van der Waals surface area contributed by atoms with Crippen LogP contribution in [0, 0.1) is 0 Å². The molecule has 3 aliphatic rings. The second kappa shape index (κ2) is 15.9. The maximum Gasteiger partial charge on any atom is 0.437 e. The van der Waals surface area contributed by atoms with Crippen molar-refractivity contribution in [2.75, 3.05) is 25.5 Å². The number of halogens is 4. The van der Waals surface area contributed by atoms with Gasteiger partial charge in [0.2, 0.25) is 17.7 Å². The molecule has 3 atom stereocenters. The Labute approximate surface area is 331 Å².